The number of carbonyl (C=O) groups is 2. The third-order valence-corrected chi connectivity index (χ3v) is 5.64. The van der Waals surface area contributed by atoms with E-state index in [0.29, 0.717) is 12.1 Å². The van der Waals surface area contributed by atoms with E-state index in [4.69, 9.17) is 5.11 Å². The highest BCUT2D eigenvalue weighted by molar-refractivity contribution is 7.89. The predicted molar refractivity (Wildman–Crippen MR) is 88.9 cm³/mol. The van der Waals surface area contributed by atoms with Crippen LogP contribution in [0.4, 0.5) is 0 Å². The molecular formula is C16H22N2O5S. The molecule has 8 heteroatoms. The fourth-order valence-electron chi connectivity index (χ4n) is 2.70. The molecule has 2 N–H and O–H groups in total. The summed E-state index contributed by atoms with van der Waals surface area (Å²) in [4.78, 5) is 25.2. The number of benzene rings is 1. The number of aliphatic carboxylic acids is 1. The van der Waals surface area contributed by atoms with Gasteiger partial charge in [-0.3, -0.25) is 9.59 Å². The Labute approximate surface area is 141 Å². The fourth-order valence-corrected chi connectivity index (χ4v) is 3.29. The van der Waals surface area contributed by atoms with Crippen LogP contribution in [0.5, 0.6) is 0 Å². The van der Waals surface area contributed by atoms with Gasteiger partial charge in [-0.25, -0.2) is 13.1 Å². The summed E-state index contributed by atoms with van der Waals surface area (Å²) in [6, 6.07) is 6.66. The van der Waals surface area contributed by atoms with Gasteiger partial charge in [-0.1, -0.05) is 19.1 Å². The Bertz CT molecular complexity index is 714. The predicted octanol–water partition coefficient (Wildman–Crippen LogP) is 0.919. The molecule has 0 unspecified atom stereocenters. The second kappa shape index (κ2) is 7.31. The smallest absolute Gasteiger partial charge is 0.308 e. The zero-order chi connectivity index (χ0) is 17.9. The molecule has 1 aliphatic rings. The number of hydrogen-bond acceptors (Lipinski definition) is 4. The number of amides is 1. The van der Waals surface area contributed by atoms with Crippen molar-refractivity contribution in [1.29, 1.82) is 0 Å². The van der Waals surface area contributed by atoms with E-state index in [1.165, 1.54) is 0 Å². The lowest BCUT2D eigenvalue weighted by Crippen LogP contribution is -2.30. The van der Waals surface area contributed by atoms with E-state index in [0.717, 1.165) is 5.56 Å². The zero-order valence-electron chi connectivity index (χ0n) is 13.7. The van der Waals surface area contributed by atoms with Crippen LogP contribution in [-0.2, 0) is 21.4 Å². The highest BCUT2D eigenvalue weighted by Gasteiger charge is 2.37. The molecule has 0 spiro atoms. The van der Waals surface area contributed by atoms with Crippen LogP contribution in [0, 0.1) is 11.8 Å². The third-order valence-electron chi connectivity index (χ3n) is 4.29. The van der Waals surface area contributed by atoms with E-state index in [1.54, 1.807) is 36.1 Å². The van der Waals surface area contributed by atoms with Crippen molar-refractivity contribution in [2.45, 2.75) is 20.4 Å². The first-order chi connectivity index (χ1) is 11.2. The van der Waals surface area contributed by atoms with Crippen LogP contribution in [0.15, 0.2) is 24.3 Å². The lowest BCUT2D eigenvalue weighted by molar-refractivity contribution is -0.142. The van der Waals surface area contributed by atoms with Crippen LogP contribution in [0.2, 0.25) is 0 Å². The number of carboxylic acid groups (broad SMARTS) is 1. The van der Waals surface area contributed by atoms with Crippen LogP contribution in [0.1, 0.15) is 29.8 Å². The van der Waals surface area contributed by atoms with Crippen LogP contribution in [0.3, 0.4) is 0 Å². The van der Waals surface area contributed by atoms with Gasteiger partial charge in [0, 0.05) is 25.2 Å². The summed E-state index contributed by atoms with van der Waals surface area (Å²) in [5.41, 5.74) is 1.22. The Morgan fingerprint density at radius 3 is 2.38 bits per heavy atom. The topological polar surface area (TPSA) is 104 Å². The number of nitrogens with one attached hydrogen (secondary N) is 1. The highest BCUT2D eigenvalue weighted by atomic mass is 32.2. The fraction of sp³-hybridized carbons (Fsp3) is 0.500. The Balaban J connectivity index is 2.00. The summed E-state index contributed by atoms with van der Waals surface area (Å²) in [6.07, 6.45) is 0. The van der Waals surface area contributed by atoms with E-state index in [2.05, 4.69) is 4.72 Å². The molecule has 0 aliphatic carbocycles. The summed E-state index contributed by atoms with van der Waals surface area (Å²) >= 11 is 0. The minimum absolute atomic E-state index is 0.0153. The number of likely N-dealkylation sites (tertiary alicyclic amines) is 1. The second-order valence-corrected chi connectivity index (χ2v) is 8.15. The third kappa shape index (κ3) is 4.33. The summed E-state index contributed by atoms with van der Waals surface area (Å²) in [6.45, 7) is 4.20. The van der Waals surface area contributed by atoms with Gasteiger partial charge in [0.15, 0.2) is 0 Å². The maximum atomic E-state index is 12.5. The number of sulfonamides is 1. The second-order valence-electron chi connectivity index (χ2n) is 6.05. The van der Waals surface area contributed by atoms with Gasteiger partial charge in [-0.2, -0.15) is 0 Å². The van der Waals surface area contributed by atoms with E-state index in [-0.39, 0.29) is 30.7 Å². The normalized spacial score (nSPS) is 21.0. The standard InChI is InChI=1S/C16H22N2O5S/c1-3-24(22,23)17-8-12-4-6-13(7-5-12)15(19)18-9-11(2)14(10-18)16(20)21/h4-7,11,14,17H,3,8-10H2,1-2H3,(H,20,21)/t11-,14-/m1/s1. The van der Waals surface area contributed by atoms with Crippen molar-refractivity contribution < 1.29 is 23.1 Å². The first kappa shape index (κ1) is 18.4. The van der Waals surface area contributed by atoms with Gasteiger partial charge in [0.2, 0.25) is 10.0 Å². The molecule has 0 bridgehead atoms. The van der Waals surface area contributed by atoms with Crippen LogP contribution < -0.4 is 4.72 Å². The maximum absolute atomic E-state index is 12.5. The largest absolute Gasteiger partial charge is 0.481 e. The highest BCUT2D eigenvalue weighted by Crippen LogP contribution is 2.24. The summed E-state index contributed by atoms with van der Waals surface area (Å²) < 4.78 is 25.3. The van der Waals surface area contributed by atoms with Crippen molar-refractivity contribution in [3.63, 3.8) is 0 Å². The molecule has 24 heavy (non-hydrogen) atoms. The zero-order valence-corrected chi connectivity index (χ0v) is 14.5. The molecule has 1 heterocycles. The molecular weight excluding hydrogens is 332 g/mol. The summed E-state index contributed by atoms with van der Waals surface area (Å²) in [7, 11) is -3.26. The molecule has 0 saturated carbocycles. The molecule has 1 aromatic carbocycles. The summed E-state index contributed by atoms with van der Waals surface area (Å²) in [5.74, 6) is -1.67. The number of hydrogen-bond donors (Lipinski definition) is 2. The monoisotopic (exact) mass is 354 g/mol. The molecule has 1 amide bonds. The first-order valence-corrected chi connectivity index (χ1v) is 9.47. The average Bonchev–Trinajstić information content (AvgIpc) is 2.95. The van der Waals surface area contributed by atoms with Gasteiger partial charge in [0.25, 0.3) is 5.91 Å². The average molecular weight is 354 g/mol. The van der Waals surface area contributed by atoms with Crippen molar-refractivity contribution in [1.82, 2.24) is 9.62 Å². The van der Waals surface area contributed by atoms with E-state index in [1.807, 2.05) is 6.92 Å². The van der Waals surface area contributed by atoms with Gasteiger partial charge >= 0.3 is 5.97 Å². The lowest BCUT2D eigenvalue weighted by atomic mass is 9.99. The van der Waals surface area contributed by atoms with Gasteiger partial charge in [0.05, 0.1) is 11.7 Å². The van der Waals surface area contributed by atoms with E-state index in [9.17, 15) is 18.0 Å². The summed E-state index contributed by atoms with van der Waals surface area (Å²) in [5, 5.41) is 9.14. The Morgan fingerprint density at radius 1 is 1.25 bits per heavy atom. The molecule has 7 nitrogen and oxygen atoms in total. The first-order valence-electron chi connectivity index (χ1n) is 7.82. The molecule has 1 aromatic rings. The minimum Gasteiger partial charge on any atom is -0.481 e. The molecule has 1 aliphatic heterocycles. The van der Waals surface area contributed by atoms with Gasteiger partial charge in [0.1, 0.15) is 0 Å². The number of carbonyl (C=O) groups excluding carboxylic acids is 1. The maximum Gasteiger partial charge on any atom is 0.308 e. The Morgan fingerprint density at radius 2 is 1.88 bits per heavy atom. The lowest BCUT2D eigenvalue weighted by Gasteiger charge is -2.16. The molecule has 132 valence electrons. The molecule has 2 rings (SSSR count). The van der Waals surface area contributed by atoms with E-state index >= 15 is 0 Å². The number of carboxylic acids is 1. The molecule has 0 radical (unpaired) electrons. The van der Waals surface area contributed by atoms with Gasteiger partial charge < -0.3 is 10.0 Å². The van der Waals surface area contributed by atoms with Crippen LogP contribution in [-0.4, -0.2) is 49.1 Å². The quantitative estimate of drug-likeness (QED) is 0.790. The molecule has 1 fully saturated rings. The van der Waals surface area contributed by atoms with E-state index < -0.39 is 21.9 Å². The van der Waals surface area contributed by atoms with Crippen molar-refractivity contribution in [2.24, 2.45) is 11.8 Å². The molecule has 1 saturated heterocycles. The van der Waals surface area contributed by atoms with Crippen molar-refractivity contribution in [3.05, 3.63) is 35.4 Å². The van der Waals surface area contributed by atoms with Crippen molar-refractivity contribution in [3.8, 4) is 0 Å². The van der Waals surface area contributed by atoms with Gasteiger partial charge in [-0.05, 0) is 30.5 Å². The number of nitrogens with zero attached hydrogens (tertiary/aromatic N) is 1. The SMILES string of the molecule is CCS(=O)(=O)NCc1ccc(C(=O)N2C[C@@H](C)[C@H](C(=O)O)C2)cc1. The molecule has 2 atom stereocenters. The Hall–Kier alpha value is -1.93. The number of rotatable bonds is 6. The van der Waals surface area contributed by atoms with Gasteiger partial charge in [-0.15, -0.1) is 0 Å². The van der Waals surface area contributed by atoms with Crippen LogP contribution >= 0.6 is 0 Å². The minimum atomic E-state index is -3.26. The van der Waals surface area contributed by atoms with Crippen molar-refractivity contribution >= 4 is 21.9 Å². The Kier molecular flexibility index (Phi) is 5.61. The van der Waals surface area contributed by atoms with Crippen molar-refractivity contribution in [2.75, 3.05) is 18.8 Å². The van der Waals surface area contributed by atoms with Crippen LogP contribution in [0.25, 0.3) is 0 Å². The molecule has 0 aromatic heterocycles.